The van der Waals surface area contributed by atoms with Gasteiger partial charge in [-0.05, 0) is 52.0 Å². The molecule has 0 aromatic heterocycles. The molecule has 0 atom stereocenters. The maximum Gasteiger partial charge on any atom is 0.410 e. The van der Waals surface area contributed by atoms with E-state index in [2.05, 4.69) is 5.32 Å². The number of anilines is 1. The molecule has 2 rings (SSSR count). The van der Waals surface area contributed by atoms with Gasteiger partial charge in [-0.15, -0.1) is 0 Å². The second kappa shape index (κ2) is 9.12. The number of amides is 1. The standard InChI is InChI=1S/C18H27N3O4.H2S/c1-18(2,3)25-17(22)20(4)10-9-13-11-14(12-13)19-15-7-5-6-8-16(15)21(23)24;/h5-8,13-14,19H,9-12H2,1-4H3;1H2. The van der Waals surface area contributed by atoms with Gasteiger partial charge < -0.3 is 15.0 Å². The third-order valence-electron chi connectivity index (χ3n) is 4.27. The van der Waals surface area contributed by atoms with Crippen LogP contribution >= 0.6 is 13.5 Å². The summed E-state index contributed by atoms with van der Waals surface area (Å²) in [5.41, 5.74) is 0.193. The van der Waals surface area contributed by atoms with E-state index in [9.17, 15) is 14.9 Å². The maximum absolute atomic E-state index is 11.9. The molecule has 146 valence electrons. The van der Waals surface area contributed by atoms with Crippen LogP contribution in [-0.4, -0.2) is 41.2 Å². The molecule has 0 spiro atoms. The number of nitro benzene ring substituents is 1. The van der Waals surface area contributed by atoms with E-state index in [0.717, 1.165) is 19.3 Å². The molecule has 0 saturated heterocycles. The number of hydrogen-bond donors (Lipinski definition) is 1. The Bertz CT molecular complexity index is 627. The van der Waals surface area contributed by atoms with Crippen LogP contribution in [0, 0.1) is 16.0 Å². The maximum atomic E-state index is 11.9. The highest BCUT2D eigenvalue weighted by atomic mass is 32.1. The van der Waals surface area contributed by atoms with Crippen LogP contribution < -0.4 is 5.32 Å². The lowest BCUT2D eigenvalue weighted by Crippen LogP contribution is -2.39. The van der Waals surface area contributed by atoms with Gasteiger partial charge in [-0.1, -0.05) is 12.1 Å². The molecule has 1 saturated carbocycles. The average molecular weight is 384 g/mol. The zero-order valence-electron chi connectivity index (χ0n) is 15.8. The predicted octanol–water partition coefficient (Wildman–Crippen LogP) is 4.16. The smallest absolute Gasteiger partial charge is 0.410 e. The molecule has 0 radical (unpaired) electrons. The molecule has 1 N–H and O–H groups in total. The van der Waals surface area contributed by atoms with Gasteiger partial charge in [0.2, 0.25) is 0 Å². The first kappa shape index (κ1) is 22.1. The lowest BCUT2D eigenvalue weighted by Gasteiger charge is -2.37. The van der Waals surface area contributed by atoms with Crippen LogP contribution in [0.1, 0.15) is 40.0 Å². The fraction of sp³-hybridized carbons (Fsp3) is 0.611. The van der Waals surface area contributed by atoms with Crippen molar-refractivity contribution in [2.75, 3.05) is 18.9 Å². The van der Waals surface area contributed by atoms with Crippen LogP contribution in [-0.2, 0) is 4.74 Å². The van der Waals surface area contributed by atoms with Crippen molar-refractivity contribution in [2.24, 2.45) is 5.92 Å². The highest BCUT2D eigenvalue weighted by Gasteiger charge is 2.31. The van der Waals surface area contributed by atoms with Crippen molar-refractivity contribution in [3.8, 4) is 0 Å². The number of para-hydroxylation sites is 2. The van der Waals surface area contributed by atoms with Crippen molar-refractivity contribution < 1.29 is 14.5 Å². The number of benzene rings is 1. The van der Waals surface area contributed by atoms with Gasteiger partial charge in [0, 0.05) is 25.7 Å². The highest BCUT2D eigenvalue weighted by molar-refractivity contribution is 7.59. The summed E-state index contributed by atoms with van der Waals surface area (Å²) in [7, 11) is 1.75. The number of carbonyl (C=O) groups is 1. The topological polar surface area (TPSA) is 84.7 Å². The first-order chi connectivity index (χ1) is 11.7. The second-order valence-corrected chi connectivity index (χ2v) is 7.64. The zero-order chi connectivity index (χ0) is 18.6. The van der Waals surface area contributed by atoms with E-state index in [0.29, 0.717) is 18.2 Å². The molecule has 1 fully saturated rings. The van der Waals surface area contributed by atoms with Gasteiger partial charge in [0.1, 0.15) is 11.3 Å². The van der Waals surface area contributed by atoms with E-state index in [1.165, 1.54) is 6.07 Å². The van der Waals surface area contributed by atoms with E-state index in [1.54, 1.807) is 30.1 Å². The second-order valence-electron chi connectivity index (χ2n) is 7.64. The Hall–Kier alpha value is -1.96. The Morgan fingerprint density at radius 2 is 1.96 bits per heavy atom. The molecular weight excluding hydrogens is 354 g/mol. The lowest BCUT2D eigenvalue weighted by atomic mass is 9.78. The zero-order valence-corrected chi connectivity index (χ0v) is 16.8. The molecule has 0 unspecified atom stereocenters. The molecule has 1 aliphatic rings. The average Bonchev–Trinajstić information content (AvgIpc) is 2.47. The number of carbonyl (C=O) groups excluding carboxylic acids is 1. The summed E-state index contributed by atoms with van der Waals surface area (Å²) in [5, 5.41) is 14.3. The Kier molecular flexibility index (Phi) is 7.74. The molecule has 1 aromatic rings. The van der Waals surface area contributed by atoms with Gasteiger partial charge in [0.15, 0.2) is 0 Å². The molecule has 7 nitrogen and oxygen atoms in total. The molecule has 8 heteroatoms. The molecule has 26 heavy (non-hydrogen) atoms. The number of nitrogens with one attached hydrogen (secondary N) is 1. The number of ether oxygens (including phenoxy) is 1. The minimum atomic E-state index is -0.485. The molecule has 0 heterocycles. The van der Waals surface area contributed by atoms with Crippen LogP contribution in [0.15, 0.2) is 24.3 Å². The largest absolute Gasteiger partial charge is 0.444 e. The van der Waals surface area contributed by atoms with E-state index >= 15 is 0 Å². The number of nitrogens with zero attached hydrogens (tertiary/aromatic N) is 2. The summed E-state index contributed by atoms with van der Waals surface area (Å²) in [6, 6.07) is 6.95. The van der Waals surface area contributed by atoms with Gasteiger partial charge in [-0.3, -0.25) is 10.1 Å². The molecule has 1 aliphatic carbocycles. The monoisotopic (exact) mass is 383 g/mol. The third kappa shape index (κ3) is 6.40. The van der Waals surface area contributed by atoms with Crippen molar-refractivity contribution in [1.82, 2.24) is 4.90 Å². The van der Waals surface area contributed by atoms with E-state index in [-0.39, 0.29) is 36.2 Å². The molecule has 0 aliphatic heterocycles. The normalized spacial score (nSPS) is 18.9. The fourth-order valence-electron chi connectivity index (χ4n) is 2.87. The summed E-state index contributed by atoms with van der Waals surface area (Å²) in [6.07, 6.45) is 2.51. The summed E-state index contributed by atoms with van der Waals surface area (Å²) in [6.45, 7) is 6.20. The van der Waals surface area contributed by atoms with Gasteiger partial charge >= 0.3 is 6.09 Å². The van der Waals surface area contributed by atoms with Crippen molar-refractivity contribution in [2.45, 2.75) is 51.7 Å². The molecule has 1 amide bonds. The summed E-state index contributed by atoms with van der Waals surface area (Å²) >= 11 is 0. The van der Waals surface area contributed by atoms with Crippen LogP contribution in [0.4, 0.5) is 16.2 Å². The lowest BCUT2D eigenvalue weighted by molar-refractivity contribution is -0.384. The first-order valence-corrected chi connectivity index (χ1v) is 8.60. The van der Waals surface area contributed by atoms with Gasteiger partial charge in [-0.25, -0.2) is 4.79 Å². The summed E-state index contributed by atoms with van der Waals surface area (Å²) in [5.74, 6) is 0.519. The summed E-state index contributed by atoms with van der Waals surface area (Å²) < 4.78 is 5.33. The van der Waals surface area contributed by atoms with Crippen molar-refractivity contribution in [3.05, 3.63) is 34.4 Å². The first-order valence-electron chi connectivity index (χ1n) is 8.60. The van der Waals surface area contributed by atoms with Gasteiger partial charge in [0.25, 0.3) is 5.69 Å². The quantitative estimate of drug-likeness (QED) is 0.589. The van der Waals surface area contributed by atoms with Crippen molar-refractivity contribution in [3.63, 3.8) is 0 Å². The highest BCUT2D eigenvalue weighted by Crippen LogP contribution is 2.35. The Morgan fingerprint density at radius 3 is 2.54 bits per heavy atom. The van der Waals surface area contributed by atoms with Crippen LogP contribution in [0.5, 0.6) is 0 Å². The van der Waals surface area contributed by atoms with Crippen molar-refractivity contribution in [1.29, 1.82) is 0 Å². The van der Waals surface area contributed by atoms with Crippen LogP contribution in [0.25, 0.3) is 0 Å². The Balaban J connectivity index is 0.00000338. The predicted molar refractivity (Wildman–Crippen MR) is 107 cm³/mol. The van der Waals surface area contributed by atoms with Crippen LogP contribution in [0.3, 0.4) is 0 Å². The molecular formula is C18H29N3O4S. The molecule has 0 bridgehead atoms. The van der Waals surface area contributed by atoms with Gasteiger partial charge in [-0.2, -0.15) is 13.5 Å². The van der Waals surface area contributed by atoms with E-state index in [1.807, 2.05) is 20.8 Å². The molecule has 1 aromatic carbocycles. The SMILES string of the molecule is CN(CCC1CC(Nc2ccccc2[N+](=O)[O-])C1)C(=O)OC(C)(C)C.S. The minimum Gasteiger partial charge on any atom is -0.444 e. The van der Waals surface area contributed by atoms with E-state index in [4.69, 9.17) is 4.74 Å². The number of nitro groups is 1. The Morgan fingerprint density at radius 1 is 1.35 bits per heavy atom. The third-order valence-corrected chi connectivity index (χ3v) is 4.27. The fourth-order valence-corrected chi connectivity index (χ4v) is 2.87. The number of hydrogen-bond acceptors (Lipinski definition) is 5. The van der Waals surface area contributed by atoms with E-state index < -0.39 is 5.60 Å². The number of rotatable bonds is 6. The van der Waals surface area contributed by atoms with Crippen LogP contribution in [0.2, 0.25) is 0 Å². The van der Waals surface area contributed by atoms with Gasteiger partial charge in [0.05, 0.1) is 4.92 Å². The minimum absolute atomic E-state index is 0. The summed E-state index contributed by atoms with van der Waals surface area (Å²) in [4.78, 5) is 24.2. The Labute approximate surface area is 161 Å². The van der Waals surface area contributed by atoms with Crippen molar-refractivity contribution >= 4 is 31.0 Å².